The number of anilines is 2. The van der Waals surface area contributed by atoms with Crippen LogP contribution in [0.3, 0.4) is 0 Å². The van der Waals surface area contributed by atoms with E-state index in [2.05, 4.69) is 9.97 Å². The molecule has 9 heteroatoms. The summed E-state index contributed by atoms with van der Waals surface area (Å²) in [5.74, 6) is -1.95. The Bertz CT molecular complexity index is 524. The highest BCUT2D eigenvalue weighted by Crippen LogP contribution is 2.19. The molecule has 106 valence electrons. The summed E-state index contributed by atoms with van der Waals surface area (Å²) in [5.41, 5.74) is 10.4. The number of Topliss-reactive ketones (excluding diaryl/α,β-unsaturated/α-hetero) is 1. The lowest BCUT2D eigenvalue weighted by molar-refractivity contribution is -0.171. The van der Waals surface area contributed by atoms with Gasteiger partial charge in [0.05, 0.1) is 5.56 Å². The first-order valence-electron chi connectivity index (χ1n) is 5.46. The number of nitrogen functional groups attached to an aromatic ring is 2. The first kappa shape index (κ1) is 15.0. The first-order chi connectivity index (χ1) is 8.71. The number of carbonyl (C=O) groups is 1. The van der Waals surface area contributed by atoms with Crippen LogP contribution in [0, 0.1) is 0 Å². The number of rotatable bonds is 5. The maximum atomic E-state index is 11.9. The normalized spacial score (nSPS) is 11.5. The number of hydrogen-bond acceptors (Lipinski definition) is 5. The highest BCUT2D eigenvalue weighted by molar-refractivity contribution is 5.83. The number of unbranched alkanes of at least 4 members (excludes halogenated alkanes) is 1. The highest BCUT2D eigenvalue weighted by atomic mass is 19.4. The average molecular weight is 278 g/mol. The minimum Gasteiger partial charge on any atom is -0.383 e. The van der Waals surface area contributed by atoms with E-state index in [0.717, 1.165) is 0 Å². The van der Waals surface area contributed by atoms with Gasteiger partial charge in [-0.05, 0) is 19.3 Å². The largest absolute Gasteiger partial charge is 0.449 e. The Kier molecular flexibility index (Phi) is 4.52. The Labute approximate surface area is 106 Å². The van der Waals surface area contributed by atoms with Crippen molar-refractivity contribution < 1.29 is 18.0 Å². The van der Waals surface area contributed by atoms with Gasteiger partial charge in [-0.3, -0.25) is 14.6 Å². The van der Waals surface area contributed by atoms with Crippen LogP contribution in [0.2, 0.25) is 0 Å². The number of alkyl halides is 3. The van der Waals surface area contributed by atoms with Crippen LogP contribution in [0.5, 0.6) is 0 Å². The molecule has 1 aromatic rings. The Balaban J connectivity index is 2.51. The number of ketones is 1. The number of aromatic nitrogens is 2. The van der Waals surface area contributed by atoms with Crippen molar-refractivity contribution in [3.8, 4) is 0 Å². The van der Waals surface area contributed by atoms with Gasteiger partial charge in [0.15, 0.2) is 0 Å². The SMILES string of the molecule is Nc1nc(N)c(CCCCC(=O)C(F)(F)F)c(=O)[nH]1. The molecule has 0 aliphatic heterocycles. The third kappa shape index (κ3) is 4.27. The maximum Gasteiger partial charge on any atom is 0.449 e. The quantitative estimate of drug-likeness (QED) is 0.688. The fourth-order valence-corrected chi connectivity index (χ4v) is 1.50. The van der Waals surface area contributed by atoms with Gasteiger partial charge in [-0.2, -0.15) is 18.2 Å². The zero-order valence-electron chi connectivity index (χ0n) is 9.88. The van der Waals surface area contributed by atoms with Gasteiger partial charge in [-0.1, -0.05) is 0 Å². The molecule has 0 bridgehead atoms. The van der Waals surface area contributed by atoms with Gasteiger partial charge in [-0.25, -0.2) is 0 Å². The van der Waals surface area contributed by atoms with Crippen molar-refractivity contribution in [1.29, 1.82) is 0 Å². The van der Waals surface area contributed by atoms with Crippen molar-refractivity contribution in [3.63, 3.8) is 0 Å². The summed E-state index contributed by atoms with van der Waals surface area (Å²) in [7, 11) is 0. The molecule has 0 aromatic carbocycles. The summed E-state index contributed by atoms with van der Waals surface area (Å²) in [6, 6.07) is 0. The molecule has 1 rings (SSSR count). The van der Waals surface area contributed by atoms with Crippen molar-refractivity contribution in [2.75, 3.05) is 11.5 Å². The Hall–Kier alpha value is -2.06. The molecule has 5 N–H and O–H groups in total. The number of nitrogens with two attached hydrogens (primary N) is 2. The van der Waals surface area contributed by atoms with Crippen molar-refractivity contribution in [3.05, 3.63) is 15.9 Å². The van der Waals surface area contributed by atoms with Crippen LogP contribution >= 0.6 is 0 Å². The number of H-pyrrole nitrogens is 1. The lowest BCUT2D eigenvalue weighted by atomic mass is 10.1. The molecular formula is C10H13F3N4O2. The van der Waals surface area contributed by atoms with Gasteiger partial charge >= 0.3 is 6.18 Å². The average Bonchev–Trinajstić information content (AvgIpc) is 2.24. The van der Waals surface area contributed by atoms with E-state index in [-0.39, 0.29) is 36.6 Å². The standard InChI is InChI=1S/C10H13F3N4O2/c11-10(12,13)6(18)4-2-1-3-5-7(14)16-9(15)17-8(5)19/h1-4H2,(H5,14,15,16,17,19). The molecule has 0 saturated heterocycles. The molecule has 0 aliphatic carbocycles. The summed E-state index contributed by atoms with van der Waals surface area (Å²) >= 11 is 0. The van der Waals surface area contributed by atoms with E-state index < -0.39 is 23.9 Å². The second kappa shape index (κ2) is 5.72. The van der Waals surface area contributed by atoms with Gasteiger partial charge in [0.1, 0.15) is 5.82 Å². The molecule has 0 saturated carbocycles. The Morgan fingerprint density at radius 3 is 2.42 bits per heavy atom. The number of aromatic amines is 1. The van der Waals surface area contributed by atoms with Crippen LogP contribution in [0.25, 0.3) is 0 Å². The molecule has 0 aliphatic rings. The van der Waals surface area contributed by atoms with Gasteiger partial charge < -0.3 is 11.5 Å². The Morgan fingerprint density at radius 2 is 1.89 bits per heavy atom. The van der Waals surface area contributed by atoms with Crippen molar-refractivity contribution in [2.24, 2.45) is 0 Å². The molecule has 1 aromatic heterocycles. The molecule has 0 atom stereocenters. The van der Waals surface area contributed by atoms with Crippen LogP contribution < -0.4 is 17.0 Å². The number of nitrogens with one attached hydrogen (secondary N) is 1. The van der Waals surface area contributed by atoms with E-state index >= 15 is 0 Å². The summed E-state index contributed by atoms with van der Waals surface area (Å²) in [4.78, 5) is 27.9. The fourth-order valence-electron chi connectivity index (χ4n) is 1.50. The fraction of sp³-hybridized carbons (Fsp3) is 0.500. The predicted molar refractivity (Wildman–Crippen MR) is 62.3 cm³/mol. The van der Waals surface area contributed by atoms with Crippen LogP contribution in [0.15, 0.2) is 4.79 Å². The monoisotopic (exact) mass is 278 g/mol. The third-order valence-electron chi connectivity index (χ3n) is 2.46. The van der Waals surface area contributed by atoms with E-state index in [1.807, 2.05) is 0 Å². The Morgan fingerprint density at radius 1 is 1.26 bits per heavy atom. The van der Waals surface area contributed by atoms with Crippen molar-refractivity contribution in [1.82, 2.24) is 9.97 Å². The van der Waals surface area contributed by atoms with E-state index in [4.69, 9.17) is 11.5 Å². The van der Waals surface area contributed by atoms with E-state index in [1.165, 1.54) is 0 Å². The molecule has 19 heavy (non-hydrogen) atoms. The second-order valence-corrected chi connectivity index (χ2v) is 3.94. The number of nitrogens with zero attached hydrogens (tertiary/aromatic N) is 1. The third-order valence-corrected chi connectivity index (χ3v) is 2.46. The number of halogens is 3. The molecule has 0 amide bonds. The first-order valence-corrected chi connectivity index (χ1v) is 5.46. The lowest BCUT2D eigenvalue weighted by Gasteiger charge is -2.06. The van der Waals surface area contributed by atoms with Crippen molar-refractivity contribution in [2.45, 2.75) is 31.9 Å². The molecular weight excluding hydrogens is 265 g/mol. The number of carbonyl (C=O) groups excluding carboxylic acids is 1. The zero-order chi connectivity index (χ0) is 14.6. The van der Waals surface area contributed by atoms with Gasteiger partial charge in [-0.15, -0.1) is 0 Å². The smallest absolute Gasteiger partial charge is 0.383 e. The molecule has 0 fully saturated rings. The van der Waals surface area contributed by atoms with E-state index in [9.17, 15) is 22.8 Å². The summed E-state index contributed by atoms with van der Waals surface area (Å²) in [6.45, 7) is 0. The molecule has 0 radical (unpaired) electrons. The van der Waals surface area contributed by atoms with Crippen LogP contribution in [-0.4, -0.2) is 21.9 Å². The van der Waals surface area contributed by atoms with Gasteiger partial charge in [0.25, 0.3) is 5.56 Å². The summed E-state index contributed by atoms with van der Waals surface area (Å²) in [5, 5.41) is 0. The maximum absolute atomic E-state index is 11.9. The highest BCUT2D eigenvalue weighted by Gasteiger charge is 2.37. The van der Waals surface area contributed by atoms with E-state index in [0.29, 0.717) is 0 Å². The predicted octanol–water partition coefficient (Wildman–Crippen LogP) is 0.778. The summed E-state index contributed by atoms with van der Waals surface area (Å²) in [6.07, 6.45) is -5.04. The van der Waals surface area contributed by atoms with E-state index in [1.54, 1.807) is 0 Å². The molecule has 6 nitrogen and oxygen atoms in total. The molecule has 0 unspecified atom stereocenters. The minimum atomic E-state index is -4.81. The van der Waals surface area contributed by atoms with Crippen molar-refractivity contribution >= 4 is 17.5 Å². The number of hydrogen-bond donors (Lipinski definition) is 3. The lowest BCUT2D eigenvalue weighted by Crippen LogP contribution is -2.22. The van der Waals surface area contributed by atoms with Crippen LogP contribution in [-0.2, 0) is 11.2 Å². The zero-order valence-corrected chi connectivity index (χ0v) is 9.88. The molecule has 1 heterocycles. The topological polar surface area (TPSA) is 115 Å². The van der Waals surface area contributed by atoms with Gasteiger partial charge in [0.2, 0.25) is 11.7 Å². The van der Waals surface area contributed by atoms with Gasteiger partial charge in [0, 0.05) is 6.42 Å². The van der Waals surface area contributed by atoms with Crippen LogP contribution in [0.4, 0.5) is 24.9 Å². The van der Waals surface area contributed by atoms with Crippen LogP contribution in [0.1, 0.15) is 24.8 Å². The summed E-state index contributed by atoms with van der Waals surface area (Å²) < 4.78 is 35.8. The second-order valence-electron chi connectivity index (χ2n) is 3.94. The minimum absolute atomic E-state index is 0.0155. The molecule has 0 spiro atoms.